The maximum atomic E-state index is 3.61. The van der Waals surface area contributed by atoms with E-state index < -0.39 is 0 Å². The van der Waals surface area contributed by atoms with Gasteiger partial charge in [-0.25, -0.2) is 0 Å². The molecule has 40 heavy (non-hydrogen) atoms. The Morgan fingerprint density at radius 1 is 0.625 bits per heavy atom. The summed E-state index contributed by atoms with van der Waals surface area (Å²) in [6, 6.07) is 25.3. The molecule has 0 amide bonds. The maximum Gasteiger partial charge on any atom is 0.0541 e. The van der Waals surface area contributed by atoms with Gasteiger partial charge in [0.05, 0.1) is 14.1 Å². The minimum absolute atomic E-state index is 1.06. The van der Waals surface area contributed by atoms with Gasteiger partial charge in [0, 0.05) is 52.9 Å². The minimum atomic E-state index is 1.06. The Morgan fingerprint density at radius 3 is 2.17 bits per heavy atom. The van der Waals surface area contributed by atoms with E-state index in [-0.39, 0.29) is 0 Å². The van der Waals surface area contributed by atoms with Crippen molar-refractivity contribution in [1.29, 1.82) is 0 Å². The number of thiophene rings is 4. The number of fused-ring (bicyclic) bond motifs is 6. The van der Waals surface area contributed by atoms with Crippen molar-refractivity contribution in [3.8, 4) is 21.6 Å². The first-order chi connectivity index (χ1) is 19.7. The summed E-state index contributed by atoms with van der Waals surface area (Å²) in [5.74, 6) is 0. The third-order valence-corrected chi connectivity index (χ3v) is 12.6. The van der Waals surface area contributed by atoms with E-state index in [9.17, 15) is 0 Å². The topological polar surface area (TPSA) is 12.0 Å². The molecule has 1 N–H and O–H groups in total. The highest BCUT2D eigenvalue weighted by molar-refractivity contribution is 7.35. The number of hydrogen-bond donors (Lipinski definition) is 1. The van der Waals surface area contributed by atoms with Crippen LogP contribution in [-0.2, 0) is 0 Å². The lowest BCUT2D eigenvalue weighted by Crippen LogP contribution is -2.01. The van der Waals surface area contributed by atoms with Crippen molar-refractivity contribution in [2.45, 2.75) is 52.4 Å². The molecule has 5 heteroatoms. The number of rotatable bonds is 10. The molecule has 7 rings (SSSR count). The van der Waals surface area contributed by atoms with Crippen LogP contribution >= 0.6 is 45.3 Å². The number of benzene rings is 3. The zero-order valence-corrected chi connectivity index (χ0v) is 26.3. The smallest absolute Gasteiger partial charge is 0.0541 e. The van der Waals surface area contributed by atoms with Crippen LogP contribution in [0.4, 0.5) is 5.69 Å². The predicted molar refractivity (Wildman–Crippen MR) is 185 cm³/mol. The van der Waals surface area contributed by atoms with Gasteiger partial charge in [0.1, 0.15) is 0 Å². The second kappa shape index (κ2) is 11.3. The number of nitrogens with one attached hydrogen (secondary N) is 1. The summed E-state index contributed by atoms with van der Waals surface area (Å²) in [6.07, 6.45) is 8.01. The van der Waals surface area contributed by atoms with Crippen LogP contribution in [0.25, 0.3) is 60.5 Å². The van der Waals surface area contributed by atoms with Gasteiger partial charge in [-0.2, -0.15) is 0 Å². The SMILES string of the molecule is CCCCCCCCNc1ccc(-c2cc3sc4cc5sc6c(-c7ccc(C)cc7)csc6c5cc4c3s2)cc1. The summed E-state index contributed by atoms with van der Waals surface area (Å²) in [5.41, 5.74) is 6.54. The molecule has 4 aromatic heterocycles. The summed E-state index contributed by atoms with van der Waals surface area (Å²) in [4.78, 5) is 1.36. The van der Waals surface area contributed by atoms with Crippen molar-refractivity contribution in [3.63, 3.8) is 0 Å². The fraction of sp³-hybridized carbons (Fsp3) is 0.257. The highest BCUT2D eigenvalue weighted by Crippen LogP contribution is 2.49. The molecule has 0 radical (unpaired) electrons. The third-order valence-electron chi connectivity index (χ3n) is 7.84. The quantitative estimate of drug-likeness (QED) is 0.155. The molecule has 1 nitrogen and oxygen atoms in total. The van der Waals surface area contributed by atoms with Crippen molar-refractivity contribution in [1.82, 2.24) is 0 Å². The van der Waals surface area contributed by atoms with Crippen molar-refractivity contribution in [2.75, 3.05) is 11.9 Å². The Bertz CT molecular complexity index is 1910. The van der Waals surface area contributed by atoms with Crippen LogP contribution in [0, 0.1) is 6.92 Å². The number of anilines is 1. The molecule has 0 saturated carbocycles. The van der Waals surface area contributed by atoms with E-state index in [0.29, 0.717) is 0 Å². The highest BCUT2D eigenvalue weighted by Gasteiger charge is 2.17. The first-order valence-corrected chi connectivity index (χ1v) is 17.7. The van der Waals surface area contributed by atoms with E-state index in [1.807, 2.05) is 45.3 Å². The molecule has 7 aromatic rings. The van der Waals surface area contributed by atoms with Crippen LogP contribution in [-0.4, -0.2) is 6.54 Å². The fourth-order valence-electron chi connectivity index (χ4n) is 5.55. The van der Waals surface area contributed by atoms with Gasteiger partial charge in [-0.15, -0.1) is 45.3 Å². The molecule has 0 fully saturated rings. The van der Waals surface area contributed by atoms with Gasteiger partial charge in [0.25, 0.3) is 0 Å². The molecule has 0 aliphatic rings. The molecule has 0 atom stereocenters. The predicted octanol–water partition coefficient (Wildman–Crippen LogP) is 13.0. The summed E-state index contributed by atoms with van der Waals surface area (Å²) in [6.45, 7) is 5.49. The van der Waals surface area contributed by atoms with Crippen LogP contribution < -0.4 is 5.32 Å². The van der Waals surface area contributed by atoms with Crippen molar-refractivity contribution in [3.05, 3.63) is 77.7 Å². The third kappa shape index (κ3) is 4.98. The van der Waals surface area contributed by atoms with Crippen LogP contribution in [0.1, 0.15) is 51.0 Å². The van der Waals surface area contributed by atoms with E-state index in [1.54, 1.807) is 0 Å². The largest absolute Gasteiger partial charge is 0.385 e. The first kappa shape index (κ1) is 26.2. The summed E-state index contributed by atoms with van der Waals surface area (Å²) < 4.78 is 8.49. The Balaban J connectivity index is 1.13. The summed E-state index contributed by atoms with van der Waals surface area (Å²) in [7, 11) is 0. The van der Waals surface area contributed by atoms with Gasteiger partial charge in [-0.3, -0.25) is 0 Å². The average Bonchev–Trinajstić information content (AvgIpc) is 3.72. The maximum absolute atomic E-state index is 3.61. The fourth-order valence-corrected chi connectivity index (χ4v) is 10.7. The molecule has 4 heterocycles. The molecule has 0 spiro atoms. The Hall–Kier alpha value is -2.70. The lowest BCUT2D eigenvalue weighted by molar-refractivity contribution is 0.617. The monoisotopic (exact) mass is 595 g/mol. The normalized spacial score (nSPS) is 11.9. The lowest BCUT2D eigenvalue weighted by atomic mass is 10.1. The van der Waals surface area contributed by atoms with Crippen LogP contribution in [0.15, 0.2) is 72.1 Å². The van der Waals surface area contributed by atoms with Crippen molar-refractivity contribution >= 4 is 90.0 Å². The van der Waals surface area contributed by atoms with E-state index in [2.05, 4.69) is 91.3 Å². The van der Waals surface area contributed by atoms with Gasteiger partial charge in [-0.05, 0) is 54.8 Å². The average molecular weight is 596 g/mol. The van der Waals surface area contributed by atoms with Crippen molar-refractivity contribution < 1.29 is 0 Å². The van der Waals surface area contributed by atoms with Gasteiger partial charge in [-0.1, -0.05) is 81.0 Å². The zero-order valence-electron chi connectivity index (χ0n) is 23.0. The molecule has 0 bridgehead atoms. The van der Waals surface area contributed by atoms with Crippen LogP contribution in [0.3, 0.4) is 0 Å². The molecule has 0 saturated heterocycles. The number of hydrogen-bond acceptors (Lipinski definition) is 5. The molecular weight excluding hydrogens is 563 g/mol. The molecular formula is C35H33NS4. The van der Waals surface area contributed by atoms with Gasteiger partial charge in [0.2, 0.25) is 0 Å². The lowest BCUT2D eigenvalue weighted by Gasteiger charge is -2.07. The second-order valence-corrected chi connectivity index (χ2v) is 14.9. The first-order valence-electron chi connectivity index (χ1n) is 14.4. The van der Waals surface area contributed by atoms with Crippen LogP contribution in [0.2, 0.25) is 0 Å². The van der Waals surface area contributed by atoms with E-state index >= 15 is 0 Å². The molecule has 0 aliphatic carbocycles. The van der Waals surface area contributed by atoms with Crippen LogP contribution in [0.5, 0.6) is 0 Å². The van der Waals surface area contributed by atoms with Gasteiger partial charge < -0.3 is 5.32 Å². The Morgan fingerprint density at radius 2 is 1.35 bits per heavy atom. The van der Waals surface area contributed by atoms with E-state index in [1.165, 1.54) is 110 Å². The molecule has 3 aromatic carbocycles. The minimum Gasteiger partial charge on any atom is -0.385 e. The molecule has 0 aliphatic heterocycles. The van der Waals surface area contributed by atoms with Gasteiger partial charge >= 0.3 is 0 Å². The standard InChI is InChI=1S/C35H33NS4/c1-3-4-5-6-7-8-17-36-25-15-13-24(14-16-25)29-19-32-33(39-29)26-18-27-31(20-30(26)38-32)40-35-28(21-37-34(27)35)23-11-9-22(2)10-12-23/h9-16,18-21,36H,3-8,17H2,1-2H3. The highest BCUT2D eigenvalue weighted by atomic mass is 32.1. The van der Waals surface area contributed by atoms with E-state index in [4.69, 9.17) is 0 Å². The van der Waals surface area contributed by atoms with Gasteiger partial charge in [0.15, 0.2) is 0 Å². The second-order valence-electron chi connectivity index (χ2n) is 10.8. The molecule has 202 valence electrons. The number of unbranched alkanes of at least 4 members (excludes halogenated alkanes) is 5. The Labute approximate surface area is 252 Å². The summed E-state index contributed by atoms with van der Waals surface area (Å²) in [5, 5.41) is 8.77. The zero-order chi connectivity index (χ0) is 27.1. The number of aryl methyl sites for hydroxylation is 1. The molecule has 0 unspecified atom stereocenters. The summed E-state index contributed by atoms with van der Waals surface area (Å²) >= 11 is 7.72. The van der Waals surface area contributed by atoms with Crippen molar-refractivity contribution in [2.24, 2.45) is 0 Å². The van der Waals surface area contributed by atoms with E-state index in [0.717, 1.165) is 6.54 Å². The Kier molecular flexibility index (Phi) is 7.40.